The van der Waals surface area contributed by atoms with Gasteiger partial charge in [0.2, 0.25) is 0 Å². The van der Waals surface area contributed by atoms with E-state index in [0.717, 1.165) is 0 Å². The normalized spacial score (nSPS) is 12.2. The number of ether oxygens (including phenoxy) is 1. The molecule has 0 aliphatic carbocycles. The Hall–Kier alpha value is -1.87. The summed E-state index contributed by atoms with van der Waals surface area (Å²) >= 11 is 0. The molecule has 0 amide bonds. The number of benzene rings is 2. The fourth-order valence-corrected chi connectivity index (χ4v) is 2.21. The summed E-state index contributed by atoms with van der Waals surface area (Å²) in [5.74, 6) is 0.486. The molecule has 0 aromatic heterocycles. The van der Waals surface area contributed by atoms with Gasteiger partial charge in [-0.1, -0.05) is 18.2 Å². The van der Waals surface area contributed by atoms with Gasteiger partial charge in [0.15, 0.2) is 0 Å². The van der Waals surface area contributed by atoms with Crippen LogP contribution in [0.5, 0.6) is 5.75 Å². The number of halogens is 1. The van der Waals surface area contributed by atoms with Gasteiger partial charge in [0, 0.05) is 0 Å². The molecule has 0 spiro atoms. The van der Waals surface area contributed by atoms with Gasteiger partial charge in [-0.05, 0) is 68.3 Å². The van der Waals surface area contributed by atoms with Crippen LogP contribution in [0.3, 0.4) is 0 Å². The Morgan fingerprint density at radius 3 is 2.38 bits per heavy atom. The minimum absolute atomic E-state index is 0.106. The second kappa shape index (κ2) is 6.72. The van der Waals surface area contributed by atoms with E-state index in [1.54, 1.807) is 19.1 Å². The number of hydrogen-bond acceptors (Lipinski definition) is 2. The largest absolute Gasteiger partial charge is 0.492 e. The Balaban J connectivity index is 2.08. The van der Waals surface area contributed by atoms with E-state index in [1.807, 2.05) is 7.05 Å². The third kappa shape index (κ3) is 3.82. The van der Waals surface area contributed by atoms with E-state index in [0.29, 0.717) is 17.9 Å². The van der Waals surface area contributed by atoms with Crippen molar-refractivity contribution in [2.75, 3.05) is 13.7 Å². The molecule has 0 saturated carbocycles. The van der Waals surface area contributed by atoms with Crippen molar-refractivity contribution in [2.45, 2.75) is 26.8 Å². The summed E-state index contributed by atoms with van der Waals surface area (Å²) < 4.78 is 19.0. The van der Waals surface area contributed by atoms with E-state index in [2.05, 4.69) is 37.4 Å². The predicted octanol–water partition coefficient (Wildman–Crippen LogP) is 4.09. The Kier molecular flexibility index (Phi) is 4.97. The summed E-state index contributed by atoms with van der Waals surface area (Å²) in [6.45, 7) is 6.45. The maximum atomic E-state index is 13.2. The molecule has 21 heavy (non-hydrogen) atoms. The quantitative estimate of drug-likeness (QED) is 0.894. The first-order valence-corrected chi connectivity index (χ1v) is 7.14. The van der Waals surface area contributed by atoms with Crippen molar-refractivity contribution in [3.63, 3.8) is 0 Å². The van der Waals surface area contributed by atoms with Crippen molar-refractivity contribution < 1.29 is 9.13 Å². The standard InChI is InChI=1S/C18H22FNO/c1-12-5-6-15(9-13(12)2)18(20-4)11-21-16-7-8-17(19)14(3)10-16/h5-10,18,20H,11H2,1-4H3. The van der Waals surface area contributed by atoms with Crippen molar-refractivity contribution in [1.29, 1.82) is 0 Å². The van der Waals surface area contributed by atoms with E-state index < -0.39 is 0 Å². The fraction of sp³-hybridized carbons (Fsp3) is 0.333. The summed E-state index contributed by atoms with van der Waals surface area (Å²) in [5, 5.41) is 3.26. The zero-order valence-electron chi connectivity index (χ0n) is 13.0. The fourth-order valence-electron chi connectivity index (χ4n) is 2.21. The highest BCUT2D eigenvalue weighted by molar-refractivity contribution is 5.32. The molecule has 1 atom stereocenters. The molecule has 2 aromatic carbocycles. The molecule has 0 aliphatic heterocycles. The average Bonchev–Trinajstić information content (AvgIpc) is 2.47. The molecule has 0 bridgehead atoms. The molecule has 0 fully saturated rings. The topological polar surface area (TPSA) is 21.3 Å². The van der Waals surface area contributed by atoms with Crippen LogP contribution in [0.15, 0.2) is 36.4 Å². The number of rotatable bonds is 5. The van der Waals surface area contributed by atoms with Crippen molar-refractivity contribution in [3.05, 3.63) is 64.5 Å². The van der Waals surface area contributed by atoms with Crippen molar-refractivity contribution in [2.24, 2.45) is 0 Å². The van der Waals surface area contributed by atoms with Crippen LogP contribution >= 0.6 is 0 Å². The van der Waals surface area contributed by atoms with Gasteiger partial charge in [0.1, 0.15) is 18.2 Å². The van der Waals surface area contributed by atoms with Crippen LogP contribution in [0.4, 0.5) is 4.39 Å². The van der Waals surface area contributed by atoms with E-state index in [1.165, 1.54) is 22.8 Å². The lowest BCUT2D eigenvalue weighted by Crippen LogP contribution is -2.23. The first kappa shape index (κ1) is 15.5. The summed E-state index contributed by atoms with van der Waals surface area (Å²) in [4.78, 5) is 0. The second-order valence-corrected chi connectivity index (χ2v) is 5.41. The smallest absolute Gasteiger partial charge is 0.126 e. The van der Waals surface area contributed by atoms with Crippen LogP contribution in [0, 0.1) is 26.6 Å². The van der Waals surface area contributed by atoms with E-state index >= 15 is 0 Å². The van der Waals surface area contributed by atoms with Gasteiger partial charge < -0.3 is 10.1 Å². The lowest BCUT2D eigenvalue weighted by atomic mass is 10.0. The molecule has 3 heteroatoms. The van der Waals surface area contributed by atoms with Gasteiger partial charge in [0.05, 0.1) is 6.04 Å². The number of nitrogens with one attached hydrogen (secondary N) is 1. The van der Waals surface area contributed by atoms with Gasteiger partial charge in [-0.15, -0.1) is 0 Å². The Bertz CT molecular complexity index is 625. The van der Waals surface area contributed by atoms with E-state index in [-0.39, 0.29) is 11.9 Å². The molecule has 1 N–H and O–H groups in total. The van der Waals surface area contributed by atoms with Gasteiger partial charge in [-0.3, -0.25) is 0 Å². The molecule has 0 radical (unpaired) electrons. The molecule has 0 saturated heterocycles. The molecule has 2 aromatic rings. The van der Waals surface area contributed by atoms with Crippen molar-refractivity contribution in [3.8, 4) is 5.75 Å². The van der Waals surface area contributed by atoms with Crippen molar-refractivity contribution >= 4 is 0 Å². The Morgan fingerprint density at radius 1 is 1.00 bits per heavy atom. The van der Waals surface area contributed by atoms with E-state index in [4.69, 9.17) is 4.74 Å². The average molecular weight is 287 g/mol. The zero-order valence-corrected chi connectivity index (χ0v) is 13.0. The maximum Gasteiger partial charge on any atom is 0.126 e. The molecular weight excluding hydrogens is 265 g/mol. The molecular formula is C18H22FNO. The third-order valence-corrected chi connectivity index (χ3v) is 3.83. The van der Waals surface area contributed by atoms with Crippen LogP contribution in [0.1, 0.15) is 28.3 Å². The summed E-state index contributed by atoms with van der Waals surface area (Å²) in [7, 11) is 1.92. The highest BCUT2D eigenvalue weighted by Crippen LogP contribution is 2.20. The van der Waals surface area contributed by atoms with Gasteiger partial charge >= 0.3 is 0 Å². The summed E-state index contributed by atoms with van der Waals surface area (Å²) in [6, 6.07) is 11.3. The van der Waals surface area contributed by atoms with Gasteiger partial charge in [-0.25, -0.2) is 4.39 Å². The minimum atomic E-state index is -0.207. The lowest BCUT2D eigenvalue weighted by molar-refractivity contribution is 0.272. The van der Waals surface area contributed by atoms with Crippen LogP contribution in [-0.2, 0) is 0 Å². The molecule has 0 aliphatic rings. The van der Waals surface area contributed by atoms with Crippen LogP contribution in [0.25, 0.3) is 0 Å². The van der Waals surface area contributed by atoms with Crippen molar-refractivity contribution in [1.82, 2.24) is 5.32 Å². The third-order valence-electron chi connectivity index (χ3n) is 3.83. The van der Waals surface area contributed by atoms with Crippen LogP contribution < -0.4 is 10.1 Å². The van der Waals surface area contributed by atoms with Crippen LogP contribution in [0.2, 0.25) is 0 Å². The minimum Gasteiger partial charge on any atom is -0.492 e. The van der Waals surface area contributed by atoms with Gasteiger partial charge in [-0.2, -0.15) is 0 Å². The Labute approximate surface area is 126 Å². The SMILES string of the molecule is CNC(COc1ccc(F)c(C)c1)c1ccc(C)c(C)c1. The number of aryl methyl sites for hydroxylation is 3. The van der Waals surface area contributed by atoms with E-state index in [9.17, 15) is 4.39 Å². The molecule has 2 rings (SSSR count). The predicted molar refractivity (Wildman–Crippen MR) is 84.3 cm³/mol. The number of likely N-dealkylation sites (N-methyl/N-ethyl adjacent to an activating group) is 1. The van der Waals surface area contributed by atoms with Crippen LogP contribution in [-0.4, -0.2) is 13.7 Å². The summed E-state index contributed by atoms with van der Waals surface area (Å²) in [6.07, 6.45) is 0. The first-order valence-electron chi connectivity index (χ1n) is 7.14. The lowest BCUT2D eigenvalue weighted by Gasteiger charge is -2.19. The van der Waals surface area contributed by atoms with Gasteiger partial charge in [0.25, 0.3) is 0 Å². The Morgan fingerprint density at radius 2 is 1.76 bits per heavy atom. The highest BCUT2D eigenvalue weighted by Gasteiger charge is 2.11. The highest BCUT2D eigenvalue weighted by atomic mass is 19.1. The molecule has 2 nitrogen and oxygen atoms in total. The summed E-state index contributed by atoms with van der Waals surface area (Å²) in [5.41, 5.74) is 4.34. The number of hydrogen-bond donors (Lipinski definition) is 1. The second-order valence-electron chi connectivity index (χ2n) is 5.41. The maximum absolute atomic E-state index is 13.2. The molecule has 112 valence electrons. The first-order chi connectivity index (χ1) is 10.0. The monoisotopic (exact) mass is 287 g/mol. The molecule has 1 unspecified atom stereocenters. The zero-order chi connectivity index (χ0) is 15.4. The molecule has 0 heterocycles.